The molecule has 2 saturated carbocycles. The van der Waals surface area contributed by atoms with Crippen molar-refractivity contribution in [2.45, 2.75) is 88.4 Å². The Balaban J connectivity index is 1.11. The number of piperidine rings is 1. The van der Waals surface area contributed by atoms with Crippen LogP contribution in [0.25, 0.3) is 9.40 Å². The summed E-state index contributed by atoms with van der Waals surface area (Å²) < 4.78 is 14.5. The lowest BCUT2D eigenvalue weighted by molar-refractivity contribution is -0.188. The van der Waals surface area contributed by atoms with Gasteiger partial charge in [0, 0.05) is 43.7 Å². The Kier molecular flexibility index (Phi) is 5.81. The second kappa shape index (κ2) is 9.11. The van der Waals surface area contributed by atoms with E-state index >= 15 is 0 Å². The minimum Gasteiger partial charge on any atom is -0.481 e. The summed E-state index contributed by atoms with van der Waals surface area (Å²) in [6.07, 6.45) is 3.88. The van der Waals surface area contributed by atoms with E-state index < -0.39 is 29.1 Å². The summed E-state index contributed by atoms with van der Waals surface area (Å²) in [4.78, 5) is 42.1. The summed E-state index contributed by atoms with van der Waals surface area (Å²) in [6.45, 7) is 5.72. The third-order valence-corrected chi connectivity index (χ3v) is 13.5. The van der Waals surface area contributed by atoms with Crippen LogP contribution in [0.5, 0.6) is 11.5 Å². The van der Waals surface area contributed by atoms with Crippen LogP contribution in [0, 0.1) is 19.8 Å². The summed E-state index contributed by atoms with van der Waals surface area (Å²) in [7, 11) is 0. The first-order valence-corrected chi connectivity index (χ1v) is 16.5. The first-order chi connectivity index (χ1) is 20.1. The molecule has 2 aromatic heterocycles. The minimum atomic E-state index is -1.06. The molecule has 0 radical (unpaired) electrons. The Morgan fingerprint density at radius 1 is 1.10 bits per heavy atom. The molecule has 10 heteroatoms. The second-order valence-corrected chi connectivity index (χ2v) is 15.1. The summed E-state index contributed by atoms with van der Waals surface area (Å²) in [5.41, 5.74) is 2.04. The number of esters is 1. The number of carboxylic acid groups (broad SMARTS) is 1. The Hall–Kier alpha value is -2.79. The van der Waals surface area contributed by atoms with Crippen molar-refractivity contribution in [2.24, 2.45) is 5.92 Å². The minimum absolute atomic E-state index is 0.00473. The lowest BCUT2D eigenvalue weighted by Gasteiger charge is -2.62. The highest BCUT2D eigenvalue weighted by atomic mass is 32.1. The molecule has 3 aromatic rings. The maximum atomic E-state index is 13.3. The predicted molar refractivity (Wildman–Crippen MR) is 158 cm³/mol. The van der Waals surface area contributed by atoms with E-state index in [9.17, 15) is 24.6 Å². The number of aryl methyl sites for hydroxylation is 2. The Morgan fingerprint density at radius 2 is 1.81 bits per heavy atom. The van der Waals surface area contributed by atoms with E-state index in [2.05, 4.69) is 4.90 Å². The molecule has 2 bridgehead atoms. The van der Waals surface area contributed by atoms with Gasteiger partial charge in [-0.05, 0) is 81.2 Å². The van der Waals surface area contributed by atoms with Gasteiger partial charge in [0.1, 0.15) is 0 Å². The third kappa shape index (κ3) is 3.61. The zero-order chi connectivity index (χ0) is 29.1. The van der Waals surface area contributed by atoms with Crippen molar-refractivity contribution in [2.75, 3.05) is 13.1 Å². The monoisotopic (exact) mass is 607 g/mol. The van der Waals surface area contributed by atoms with Crippen LogP contribution in [-0.4, -0.2) is 63.7 Å². The van der Waals surface area contributed by atoms with Gasteiger partial charge in [0.25, 0.3) is 0 Å². The van der Waals surface area contributed by atoms with Gasteiger partial charge in [-0.3, -0.25) is 19.3 Å². The number of hydrogen-bond acceptors (Lipinski definition) is 9. The molecule has 42 heavy (non-hydrogen) atoms. The average Bonchev–Trinajstić information content (AvgIpc) is 3.52. The van der Waals surface area contributed by atoms with Gasteiger partial charge in [0.05, 0.1) is 23.9 Å². The molecule has 4 atom stereocenters. The number of aliphatic carboxylic acids is 1. The number of carbonyl (C=O) groups excluding carboxylic acids is 2. The van der Waals surface area contributed by atoms with Gasteiger partial charge in [0.2, 0.25) is 0 Å². The highest BCUT2D eigenvalue weighted by Gasteiger charge is 2.73. The average molecular weight is 608 g/mol. The number of likely N-dealkylation sites (tertiary alicyclic amines) is 1. The molecule has 5 aliphatic rings. The molecule has 2 aliphatic heterocycles. The van der Waals surface area contributed by atoms with Crippen molar-refractivity contribution in [3.05, 3.63) is 44.1 Å². The molecule has 1 aromatic carbocycles. The standard InChI is InChI=1S/C32H33NO7S2/c1-15-21(12-24(35)36)41-29-16(2)22(42-28(15)29)13-25(37)39-20-6-5-18-11-23-32(38)8-7-19(34)30-31(32,26(18)27(20)40-30)9-10-33(23)14-17-3-4-17/h5-6,17,23,30,38H,3-4,7-14H2,1-2H3,(H,35,36)/t23-,30+,31+,32-/m1/s1. The number of nitrogens with zero attached hydrogens (tertiary/aromatic N) is 1. The van der Waals surface area contributed by atoms with Crippen LogP contribution in [0.3, 0.4) is 0 Å². The summed E-state index contributed by atoms with van der Waals surface area (Å²) in [5.74, 6) is 0.215. The molecule has 8 nitrogen and oxygen atoms in total. The van der Waals surface area contributed by atoms with Gasteiger partial charge >= 0.3 is 11.9 Å². The molecule has 0 amide bonds. The van der Waals surface area contributed by atoms with Crippen LogP contribution < -0.4 is 9.47 Å². The van der Waals surface area contributed by atoms with E-state index in [1.54, 1.807) is 6.07 Å². The number of rotatable bonds is 7. The molecule has 1 saturated heterocycles. The van der Waals surface area contributed by atoms with Gasteiger partial charge in [0.15, 0.2) is 23.4 Å². The smallest absolute Gasteiger partial charge is 0.316 e. The number of Topliss-reactive ketones (excluding diaryl/α,β-unsaturated/α-hetero) is 1. The summed E-state index contributed by atoms with van der Waals surface area (Å²) in [6, 6.07) is 3.74. The topological polar surface area (TPSA) is 113 Å². The number of ketones is 1. The fraction of sp³-hybridized carbons (Fsp3) is 0.531. The lowest BCUT2D eigenvalue weighted by atomic mass is 9.49. The van der Waals surface area contributed by atoms with Crippen LogP contribution in [-0.2, 0) is 39.1 Å². The normalized spacial score (nSPS) is 29.5. The van der Waals surface area contributed by atoms with E-state index in [0.29, 0.717) is 36.7 Å². The van der Waals surface area contributed by atoms with Crippen molar-refractivity contribution in [3.63, 3.8) is 0 Å². The predicted octanol–water partition coefficient (Wildman–Crippen LogP) is 4.49. The summed E-state index contributed by atoms with van der Waals surface area (Å²) >= 11 is 2.99. The molecule has 4 heterocycles. The van der Waals surface area contributed by atoms with Crippen molar-refractivity contribution in [1.82, 2.24) is 4.90 Å². The zero-order valence-electron chi connectivity index (χ0n) is 23.7. The van der Waals surface area contributed by atoms with Gasteiger partial charge in [-0.15, -0.1) is 22.7 Å². The number of fused-ring (bicyclic) bond motifs is 1. The Labute approximate surface area is 251 Å². The van der Waals surface area contributed by atoms with Crippen LogP contribution in [0.4, 0.5) is 0 Å². The number of ether oxygens (including phenoxy) is 2. The fourth-order valence-corrected chi connectivity index (χ4v) is 11.1. The zero-order valence-corrected chi connectivity index (χ0v) is 25.3. The van der Waals surface area contributed by atoms with Crippen molar-refractivity contribution >= 4 is 49.8 Å². The first kappa shape index (κ1) is 26.8. The van der Waals surface area contributed by atoms with Gasteiger partial charge < -0.3 is 19.7 Å². The SMILES string of the molecule is Cc1c(CC(=O)O)sc2c(C)c(CC(=O)Oc3ccc4c5c3O[C@H]3C(=O)CC[C@@]6(O)[C@@H](C4)N(CC4CC4)CC[C@]536)sc12. The molecule has 3 aliphatic carbocycles. The second-order valence-electron chi connectivity index (χ2n) is 12.9. The molecule has 8 rings (SSSR count). The number of hydrogen-bond donors (Lipinski definition) is 2. The molecule has 0 unspecified atom stereocenters. The first-order valence-electron chi connectivity index (χ1n) is 14.9. The Morgan fingerprint density at radius 3 is 2.50 bits per heavy atom. The molecular formula is C32H33NO7S2. The van der Waals surface area contributed by atoms with E-state index in [1.165, 1.54) is 35.5 Å². The number of benzene rings is 1. The highest BCUT2D eigenvalue weighted by molar-refractivity contribution is 7.28. The van der Waals surface area contributed by atoms with Crippen molar-refractivity contribution in [1.29, 1.82) is 0 Å². The maximum Gasteiger partial charge on any atom is 0.316 e. The summed E-state index contributed by atoms with van der Waals surface area (Å²) in [5, 5.41) is 21.7. The maximum absolute atomic E-state index is 13.3. The lowest BCUT2D eigenvalue weighted by Crippen LogP contribution is -2.76. The third-order valence-electron chi connectivity index (χ3n) is 10.6. The number of thiophene rings is 2. The van der Waals surface area contributed by atoms with Crippen LogP contribution in [0.15, 0.2) is 12.1 Å². The molecule has 3 fully saturated rings. The fourth-order valence-electron chi connectivity index (χ4n) is 8.34. The molecular weight excluding hydrogens is 574 g/mol. The van der Waals surface area contributed by atoms with Crippen LogP contribution in [0.2, 0.25) is 0 Å². The quantitative estimate of drug-likeness (QED) is 0.299. The number of carboxylic acids is 1. The van der Waals surface area contributed by atoms with Gasteiger partial charge in [-0.2, -0.15) is 0 Å². The highest BCUT2D eigenvalue weighted by Crippen LogP contribution is 2.65. The number of aliphatic hydroxyl groups is 1. The molecule has 1 spiro atoms. The van der Waals surface area contributed by atoms with E-state index in [1.807, 2.05) is 19.9 Å². The van der Waals surface area contributed by atoms with E-state index in [4.69, 9.17) is 9.47 Å². The van der Waals surface area contributed by atoms with Gasteiger partial charge in [-0.25, -0.2) is 0 Å². The van der Waals surface area contributed by atoms with Crippen LogP contribution >= 0.6 is 22.7 Å². The number of carbonyl (C=O) groups is 3. The van der Waals surface area contributed by atoms with Crippen LogP contribution in [0.1, 0.15) is 64.1 Å². The van der Waals surface area contributed by atoms with E-state index in [-0.39, 0.29) is 31.1 Å². The molecule has 220 valence electrons. The largest absolute Gasteiger partial charge is 0.481 e. The van der Waals surface area contributed by atoms with Gasteiger partial charge in [-0.1, -0.05) is 6.07 Å². The van der Waals surface area contributed by atoms with Crippen molar-refractivity contribution < 1.29 is 34.1 Å². The molecule has 2 N–H and O–H groups in total. The Bertz CT molecular complexity index is 1700. The van der Waals surface area contributed by atoms with E-state index in [0.717, 1.165) is 54.5 Å². The van der Waals surface area contributed by atoms with Crippen molar-refractivity contribution in [3.8, 4) is 11.5 Å².